The molecule has 0 spiro atoms. The highest BCUT2D eigenvalue weighted by atomic mass is 16.5. The third-order valence-electron chi connectivity index (χ3n) is 7.18. The maximum Gasteiger partial charge on any atom is 0.333 e. The lowest BCUT2D eigenvalue weighted by atomic mass is 9.97. The van der Waals surface area contributed by atoms with Crippen LogP contribution >= 0.6 is 0 Å². The normalized spacial score (nSPS) is 19.7. The van der Waals surface area contributed by atoms with Crippen molar-refractivity contribution in [3.05, 3.63) is 65.7 Å². The molecule has 0 radical (unpaired) electrons. The summed E-state index contributed by atoms with van der Waals surface area (Å²) in [4.78, 5) is 11.9. The number of esters is 1. The van der Waals surface area contributed by atoms with Gasteiger partial charge < -0.3 is 13.9 Å². The molecule has 0 saturated heterocycles. The molecule has 2 aromatic carbocycles. The van der Waals surface area contributed by atoms with Crippen LogP contribution in [0.3, 0.4) is 0 Å². The van der Waals surface area contributed by atoms with E-state index in [0.717, 1.165) is 53.7 Å². The van der Waals surface area contributed by atoms with Crippen LogP contribution in [0.2, 0.25) is 0 Å². The predicted molar refractivity (Wildman–Crippen MR) is 142 cm³/mol. The van der Waals surface area contributed by atoms with Gasteiger partial charge in [0.15, 0.2) is 0 Å². The second-order valence-corrected chi connectivity index (χ2v) is 9.93. The Bertz CT molecular complexity index is 1190. The molecule has 35 heavy (non-hydrogen) atoms. The van der Waals surface area contributed by atoms with Crippen molar-refractivity contribution in [2.75, 3.05) is 0 Å². The van der Waals surface area contributed by atoms with Gasteiger partial charge in [0.2, 0.25) is 0 Å². The number of rotatable bonds is 10. The molecule has 4 nitrogen and oxygen atoms in total. The fourth-order valence-corrected chi connectivity index (χ4v) is 4.97. The van der Waals surface area contributed by atoms with E-state index in [0.29, 0.717) is 5.57 Å². The Labute approximate surface area is 209 Å². The third kappa shape index (κ3) is 5.80. The number of fused-ring (bicyclic) bond motifs is 1. The van der Waals surface area contributed by atoms with Gasteiger partial charge in [-0.05, 0) is 68.4 Å². The molecule has 1 heterocycles. The van der Waals surface area contributed by atoms with Gasteiger partial charge in [-0.25, -0.2) is 4.79 Å². The van der Waals surface area contributed by atoms with Crippen molar-refractivity contribution in [3.63, 3.8) is 0 Å². The smallest absolute Gasteiger partial charge is 0.333 e. The van der Waals surface area contributed by atoms with Crippen LogP contribution in [-0.4, -0.2) is 18.2 Å². The Balaban J connectivity index is 1.48. The molecule has 0 N–H and O–H groups in total. The highest BCUT2D eigenvalue weighted by Crippen LogP contribution is 2.36. The standard InChI is InChI=1S/C31H38O4/c1-6-8-9-10-22-11-14-26(23(7-2)17-22)30-18-24-12-13-25(19-29(24)34-30)33-27-15-16-28(21(27)5)35-31(32)20(3)4/h11-14,17-19,21,27-28H,3,6-10,15-16H2,1-2,4-5H3. The summed E-state index contributed by atoms with van der Waals surface area (Å²) in [5.41, 5.74) is 5.14. The fraction of sp³-hybridized carbons (Fsp3) is 0.452. The Morgan fingerprint density at radius 3 is 2.60 bits per heavy atom. The summed E-state index contributed by atoms with van der Waals surface area (Å²) in [6.45, 7) is 11.9. The van der Waals surface area contributed by atoms with E-state index >= 15 is 0 Å². The minimum absolute atomic E-state index is 0.00301. The largest absolute Gasteiger partial charge is 0.490 e. The summed E-state index contributed by atoms with van der Waals surface area (Å²) in [5.74, 6) is 1.47. The lowest BCUT2D eigenvalue weighted by molar-refractivity contribution is -0.146. The van der Waals surface area contributed by atoms with Crippen LogP contribution in [0.4, 0.5) is 0 Å². The molecule has 1 aliphatic carbocycles. The molecule has 4 heteroatoms. The van der Waals surface area contributed by atoms with Crippen molar-refractivity contribution in [2.24, 2.45) is 5.92 Å². The average molecular weight is 475 g/mol. The van der Waals surface area contributed by atoms with E-state index in [1.54, 1.807) is 6.92 Å². The monoisotopic (exact) mass is 474 g/mol. The highest BCUT2D eigenvalue weighted by Gasteiger charge is 2.37. The zero-order chi connectivity index (χ0) is 24.9. The van der Waals surface area contributed by atoms with Gasteiger partial charge in [0.1, 0.15) is 29.3 Å². The summed E-state index contributed by atoms with van der Waals surface area (Å²) in [6.07, 6.45) is 7.37. The van der Waals surface area contributed by atoms with Crippen LogP contribution < -0.4 is 4.74 Å². The van der Waals surface area contributed by atoms with E-state index < -0.39 is 0 Å². The fourth-order valence-electron chi connectivity index (χ4n) is 4.97. The topological polar surface area (TPSA) is 48.7 Å². The minimum atomic E-state index is -0.326. The highest BCUT2D eigenvalue weighted by molar-refractivity contribution is 5.87. The second-order valence-electron chi connectivity index (χ2n) is 9.93. The molecule has 0 amide bonds. The second kappa shape index (κ2) is 11.2. The Morgan fingerprint density at radius 2 is 1.86 bits per heavy atom. The molecular weight excluding hydrogens is 436 g/mol. The maximum atomic E-state index is 11.9. The van der Waals surface area contributed by atoms with Crippen LogP contribution in [0, 0.1) is 5.92 Å². The Hall–Kier alpha value is -3.01. The summed E-state index contributed by atoms with van der Waals surface area (Å²) >= 11 is 0. The summed E-state index contributed by atoms with van der Waals surface area (Å²) < 4.78 is 18.2. The van der Waals surface area contributed by atoms with Crippen LogP contribution in [-0.2, 0) is 22.4 Å². The van der Waals surface area contributed by atoms with Crippen molar-refractivity contribution in [2.45, 2.75) is 84.8 Å². The molecule has 0 aliphatic heterocycles. The minimum Gasteiger partial charge on any atom is -0.490 e. The molecule has 1 saturated carbocycles. The first-order valence-electron chi connectivity index (χ1n) is 13.1. The Kier molecular flexibility index (Phi) is 8.00. The molecule has 3 unspecified atom stereocenters. The molecular formula is C31H38O4. The number of furan rings is 1. The summed E-state index contributed by atoms with van der Waals surface area (Å²) in [5, 5.41) is 1.06. The van der Waals surface area contributed by atoms with E-state index in [-0.39, 0.29) is 24.1 Å². The first-order chi connectivity index (χ1) is 16.9. The van der Waals surface area contributed by atoms with Crippen molar-refractivity contribution >= 4 is 16.9 Å². The summed E-state index contributed by atoms with van der Waals surface area (Å²) in [6, 6.07) is 14.9. The Morgan fingerprint density at radius 1 is 1.06 bits per heavy atom. The zero-order valence-corrected chi connectivity index (χ0v) is 21.6. The number of aryl methyl sites for hydroxylation is 2. The van der Waals surface area contributed by atoms with E-state index in [1.165, 1.54) is 30.4 Å². The quantitative estimate of drug-likeness (QED) is 0.169. The predicted octanol–water partition coefficient (Wildman–Crippen LogP) is 8.06. The molecule has 4 rings (SSSR count). The van der Waals surface area contributed by atoms with Crippen molar-refractivity contribution in [1.29, 1.82) is 0 Å². The van der Waals surface area contributed by atoms with Gasteiger partial charge in [0, 0.05) is 28.5 Å². The van der Waals surface area contributed by atoms with E-state index in [9.17, 15) is 4.79 Å². The number of hydrogen-bond donors (Lipinski definition) is 0. The van der Waals surface area contributed by atoms with Crippen LogP contribution in [0.15, 0.2) is 59.0 Å². The van der Waals surface area contributed by atoms with Gasteiger partial charge >= 0.3 is 5.97 Å². The van der Waals surface area contributed by atoms with Gasteiger partial charge in [0.25, 0.3) is 0 Å². The molecule has 0 bridgehead atoms. The molecule has 1 fully saturated rings. The molecule has 3 atom stereocenters. The number of hydrogen-bond acceptors (Lipinski definition) is 4. The lowest BCUT2D eigenvalue weighted by Gasteiger charge is -2.22. The number of ether oxygens (including phenoxy) is 2. The van der Waals surface area contributed by atoms with Crippen molar-refractivity contribution < 1.29 is 18.7 Å². The summed E-state index contributed by atoms with van der Waals surface area (Å²) in [7, 11) is 0. The van der Waals surface area contributed by atoms with Gasteiger partial charge in [-0.15, -0.1) is 0 Å². The van der Waals surface area contributed by atoms with E-state index in [4.69, 9.17) is 13.9 Å². The van der Waals surface area contributed by atoms with E-state index in [1.807, 2.05) is 12.1 Å². The number of benzene rings is 2. The SMILES string of the molecule is C=C(C)C(=O)OC1CCC(Oc2ccc3cc(-c4ccc(CCCCC)cc4CC)oc3c2)C1C. The third-order valence-corrected chi connectivity index (χ3v) is 7.18. The molecule has 3 aromatic rings. The van der Waals surface area contributed by atoms with Crippen molar-refractivity contribution in [1.82, 2.24) is 0 Å². The number of unbranched alkanes of at least 4 members (excludes halogenated alkanes) is 2. The van der Waals surface area contributed by atoms with Crippen LogP contribution in [0.25, 0.3) is 22.3 Å². The first kappa shape index (κ1) is 25.1. The van der Waals surface area contributed by atoms with Crippen LogP contribution in [0.1, 0.15) is 70.9 Å². The van der Waals surface area contributed by atoms with Crippen LogP contribution in [0.5, 0.6) is 5.75 Å². The van der Waals surface area contributed by atoms with Crippen molar-refractivity contribution in [3.8, 4) is 17.1 Å². The molecule has 1 aliphatic rings. The maximum absolute atomic E-state index is 11.9. The zero-order valence-electron chi connectivity index (χ0n) is 21.6. The lowest BCUT2D eigenvalue weighted by Crippen LogP contribution is -2.28. The average Bonchev–Trinajstić information content (AvgIpc) is 3.42. The van der Waals surface area contributed by atoms with Gasteiger partial charge in [-0.2, -0.15) is 0 Å². The van der Waals surface area contributed by atoms with Gasteiger partial charge in [-0.3, -0.25) is 0 Å². The van der Waals surface area contributed by atoms with E-state index in [2.05, 4.69) is 57.7 Å². The van der Waals surface area contributed by atoms with Gasteiger partial charge in [-0.1, -0.05) is 58.4 Å². The number of carbonyl (C=O) groups excluding carboxylic acids is 1. The molecule has 186 valence electrons. The number of carbonyl (C=O) groups is 1. The van der Waals surface area contributed by atoms with Gasteiger partial charge in [0.05, 0.1) is 0 Å². The molecule has 1 aromatic heterocycles. The first-order valence-corrected chi connectivity index (χ1v) is 13.1.